The molecule has 1 N–H and O–H groups in total. The van der Waals surface area contributed by atoms with Crippen LogP contribution >= 0.6 is 0 Å². The number of halogens is 2. The Balaban J connectivity index is 1.70. The summed E-state index contributed by atoms with van der Waals surface area (Å²) in [4.78, 5) is 23.5. The number of benzene rings is 1. The molecule has 2 fully saturated rings. The van der Waals surface area contributed by atoms with Crippen molar-refractivity contribution in [3.8, 4) is 0 Å². The molecule has 29 heavy (non-hydrogen) atoms. The van der Waals surface area contributed by atoms with Crippen molar-refractivity contribution >= 4 is 17.3 Å². The van der Waals surface area contributed by atoms with Gasteiger partial charge in [-0.25, -0.2) is 8.78 Å². The van der Waals surface area contributed by atoms with Gasteiger partial charge in [-0.1, -0.05) is 12.1 Å². The number of alkyl halides is 2. The van der Waals surface area contributed by atoms with Gasteiger partial charge in [-0.2, -0.15) is 0 Å². The van der Waals surface area contributed by atoms with E-state index in [1.54, 1.807) is 19.2 Å². The van der Waals surface area contributed by atoms with Crippen LogP contribution in [0.5, 0.6) is 0 Å². The van der Waals surface area contributed by atoms with Crippen LogP contribution in [0.3, 0.4) is 0 Å². The summed E-state index contributed by atoms with van der Waals surface area (Å²) in [6, 6.07) is 5.39. The Labute approximate surface area is 171 Å². The number of hydrogen-bond acceptors (Lipinski definition) is 5. The summed E-state index contributed by atoms with van der Waals surface area (Å²) < 4.78 is 27.1. The van der Waals surface area contributed by atoms with E-state index in [1.807, 2.05) is 13.0 Å². The fourth-order valence-corrected chi connectivity index (χ4v) is 3.90. The maximum absolute atomic E-state index is 13.5. The lowest BCUT2D eigenvalue weighted by molar-refractivity contribution is 0.0120. The summed E-state index contributed by atoms with van der Waals surface area (Å²) in [5.41, 5.74) is 2.73. The number of nitrogens with zero attached hydrogens (tertiary/aromatic N) is 4. The SMILES string of the molecule is CNc1c(C(=O)N2CCC(F)(F)C2)cccc1C(C)=NCCN1CCN(C)CC1. The molecule has 0 unspecified atom stereocenters. The van der Waals surface area contributed by atoms with Gasteiger partial charge in [0.1, 0.15) is 0 Å². The predicted octanol–water partition coefficient (Wildman–Crippen LogP) is 2.27. The first kappa shape index (κ1) is 21.6. The van der Waals surface area contributed by atoms with Crippen molar-refractivity contribution in [3.63, 3.8) is 0 Å². The highest BCUT2D eigenvalue weighted by molar-refractivity contribution is 6.09. The summed E-state index contributed by atoms with van der Waals surface area (Å²) in [5, 5.41) is 3.08. The van der Waals surface area contributed by atoms with Gasteiger partial charge in [0.15, 0.2) is 0 Å². The Morgan fingerprint density at radius 2 is 1.86 bits per heavy atom. The molecule has 0 atom stereocenters. The summed E-state index contributed by atoms with van der Waals surface area (Å²) in [5.74, 6) is -3.16. The molecule has 0 aliphatic carbocycles. The molecule has 3 rings (SSSR count). The van der Waals surface area contributed by atoms with E-state index in [-0.39, 0.29) is 18.9 Å². The van der Waals surface area contributed by atoms with Crippen LogP contribution < -0.4 is 5.32 Å². The number of carbonyl (C=O) groups excluding carboxylic acids is 1. The Morgan fingerprint density at radius 3 is 2.48 bits per heavy atom. The van der Waals surface area contributed by atoms with Crippen LogP contribution in [0.1, 0.15) is 29.3 Å². The molecule has 2 saturated heterocycles. The van der Waals surface area contributed by atoms with E-state index in [0.717, 1.165) is 44.0 Å². The lowest BCUT2D eigenvalue weighted by Crippen LogP contribution is -2.45. The minimum atomic E-state index is -2.80. The van der Waals surface area contributed by atoms with Crippen molar-refractivity contribution in [3.05, 3.63) is 29.3 Å². The van der Waals surface area contributed by atoms with Crippen molar-refractivity contribution in [2.24, 2.45) is 4.99 Å². The molecule has 6 nitrogen and oxygen atoms in total. The normalized spacial score (nSPS) is 20.9. The first-order valence-electron chi connectivity index (χ1n) is 10.2. The van der Waals surface area contributed by atoms with Crippen LogP contribution in [0, 0.1) is 0 Å². The second-order valence-electron chi connectivity index (χ2n) is 7.92. The fraction of sp³-hybridized carbons (Fsp3) is 0.619. The highest BCUT2D eigenvalue weighted by Crippen LogP contribution is 2.30. The Morgan fingerprint density at radius 1 is 1.17 bits per heavy atom. The number of hydrogen-bond donors (Lipinski definition) is 1. The molecular formula is C21H31F2N5O. The van der Waals surface area contributed by atoms with Crippen LogP contribution in [0.15, 0.2) is 23.2 Å². The number of aliphatic imine (C=N–C) groups is 1. The van der Waals surface area contributed by atoms with Gasteiger partial charge in [-0.05, 0) is 20.0 Å². The minimum absolute atomic E-state index is 0.0807. The van der Waals surface area contributed by atoms with E-state index >= 15 is 0 Å². The van der Waals surface area contributed by atoms with Crippen molar-refractivity contribution in [2.45, 2.75) is 19.3 Å². The van der Waals surface area contributed by atoms with E-state index in [1.165, 1.54) is 4.90 Å². The molecule has 2 heterocycles. The van der Waals surface area contributed by atoms with Crippen LogP contribution in [0.25, 0.3) is 0 Å². The number of likely N-dealkylation sites (N-methyl/N-ethyl adjacent to an activating group) is 1. The quantitative estimate of drug-likeness (QED) is 0.735. The molecule has 160 valence electrons. The highest BCUT2D eigenvalue weighted by atomic mass is 19.3. The second kappa shape index (κ2) is 9.17. The van der Waals surface area contributed by atoms with Gasteiger partial charge in [-0.3, -0.25) is 14.7 Å². The van der Waals surface area contributed by atoms with Crippen molar-refractivity contribution in [1.82, 2.24) is 14.7 Å². The standard InChI is InChI=1S/C21H31F2N5O/c1-16(25-8-10-27-13-11-26(3)12-14-27)17-5-4-6-18(19(17)24-2)20(29)28-9-7-21(22,23)15-28/h4-6,24H,7-15H2,1-3H3. The molecule has 0 spiro atoms. The van der Waals surface area contributed by atoms with Crippen molar-refractivity contribution < 1.29 is 13.6 Å². The fourth-order valence-electron chi connectivity index (χ4n) is 3.90. The van der Waals surface area contributed by atoms with Crippen LogP contribution in [0.2, 0.25) is 0 Å². The zero-order valence-electron chi connectivity index (χ0n) is 17.5. The lowest BCUT2D eigenvalue weighted by atomic mass is 10.0. The Bertz CT molecular complexity index is 759. The molecule has 0 bridgehead atoms. The minimum Gasteiger partial charge on any atom is -0.387 e. The maximum atomic E-state index is 13.5. The molecule has 2 aliphatic heterocycles. The third-order valence-electron chi connectivity index (χ3n) is 5.75. The van der Waals surface area contributed by atoms with Gasteiger partial charge in [0, 0.05) is 64.0 Å². The number of amides is 1. The van der Waals surface area contributed by atoms with E-state index < -0.39 is 12.5 Å². The predicted molar refractivity (Wildman–Crippen MR) is 112 cm³/mol. The van der Waals surface area contributed by atoms with Gasteiger partial charge in [-0.15, -0.1) is 0 Å². The molecular weight excluding hydrogens is 376 g/mol. The number of anilines is 1. The topological polar surface area (TPSA) is 51.2 Å². The maximum Gasteiger partial charge on any atom is 0.267 e. The first-order valence-corrected chi connectivity index (χ1v) is 10.2. The zero-order valence-corrected chi connectivity index (χ0v) is 17.5. The number of carbonyl (C=O) groups is 1. The van der Waals surface area contributed by atoms with Crippen molar-refractivity contribution in [2.75, 3.05) is 71.8 Å². The van der Waals surface area contributed by atoms with Crippen LogP contribution in [-0.2, 0) is 0 Å². The highest BCUT2D eigenvalue weighted by Gasteiger charge is 2.40. The molecule has 1 aromatic carbocycles. The summed E-state index contributed by atoms with van der Waals surface area (Å²) >= 11 is 0. The van der Waals surface area contributed by atoms with E-state index in [4.69, 9.17) is 4.99 Å². The molecule has 0 aromatic heterocycles. The van der Waals surface area contributed by atoms with Gasteiger partial charge < -0.3 is 15.1 Å². The average Bonchev–Trinajstić information content (AvgIpc) is 3.08. The molecule has 1 aromatic rings. The smallest absolute Gasteiger partial charge is 0.267 e. The average molecular weight is 408 g/mol. The largest absolute Gasteiger partial charge is 0.387 e. The van der Waals surface area contributed by atoms with E-state index in [9.17, 15) is 13.6 Å². The number of piperazine rings is 1. The van der Waals surface area contributed by atoms with Crippen molar-refractivity contribution in [1.29, 1.82) is 0 Å². The first-order chi connectivity index (χ1) is 13.8. The van der Waals surface area contributed by atoms with Gasteiger partial charge >= 0.3 is 0 Å². The van der Waals surface area contributed by atoms with Gasteiger partial charge in [0.2, 0.25) is 0 Å². The lowest BCUT2D eigenvalue weighted by Gasteiger charge is -2.31. The number of para-hydroxylation sites is 1. The Kier molecular flexibility index (Phi) is 6.85. The second-order valence-corrected chi connectivity index (χ2v) is 7.92. The summed E-state index contributed by atoms with van der Waals surface area (Å²) in [6.45, 7) is 7.34. The monoisotopic (exact) mass is 407 g/mol. The third-order valence-corrected chi connectivity index (χ3v) is 5.75. The van der Waals surface area contributed by atoms with E-state index in [2.05, 4.69) is 22.2 Å². The van der Waals surface area contributed by atoms with E-state index in [0.29, 0.717) is 17.8 Å². The van der Waals surface area contributed by atoms with Crippen LogP contribution in [0.4, 0.5) is 14.5 Å². The summed E-state index contributed by atoms with van der Waals surface area (Å²) in [6.07, 6.45) is -0.278. The third kappa shape index (κ3) is 5.30. The number of likely N-dealkylation sites (tertiary alicyclic amines) is 1. The van der Waals surface area contributed by atoms with Gasteiger partial charge in [0.05, 0.1) is 24.3 Å². The number of rotatable bonds is 6. The summed E-state index contributed by atoms with van der Waals surface area (Å²) in [7, 11) is 3.88. The molecule has 2 aliphatic rings. The molecule has 1 amide bonds. The zero-order chi connectivity index (χ0) is 21.0. The molecule has 8 heteroatoms. The number of nitrogens with one attached hydrogen (secondary N) is 1. The van der Waals surface area contributed by atoms with Crippen LogP contribution in [-0.4, -0.2) is 98.7 Å². The molecule has 0 radical (unpaired) electrons. The molecule has 0 saturated carbocycles. The Hall–Kier alpha value is -2.06. The van der Waals surface area contributed by atoms with Gasteiger partial charge in [0.25, 0.3) is 11.8 Å².